The maximum absolute atomic E-state index is 3.61. The Morgan fingerprint density at radius 1 is 1.29 bits per heavy atom. The summed E-state index contributed by atoms with van der Waals surface area (Å²) in [6, 6.07) is 6.52. The highest BCUT2D eigenvalue weighted by Gasteiger charge is 2.04. The Bertz CT molecular complexity index is 339. The average Bonchev–Trinajstić information content (AvgIpc) is 2.29. The zero-order chi connectivity index (χ0) is 12.7. The molecule has 17 heavy (non-hydrogen) atoms. The van der Waals surface area contributed by atoms with E-state index in [1.165, 1.54) is 22.0 Å². The monoisotopic (exact) mass is 298 g/mol. The number of nitrogens with one attached hydrogen (secondary N) is 1. The van der Waals surface area contributed by atoms with Crippen LogP contribution in [0.1, 0.15) is 24.5 Å². The number of aryl methyl sites for hydroxylation is 1. The molecule has 96 valence electrons. The molecule has 0 radical (unpaired) electrons. The van der Waals surface area contributed by atoms with Crippen molar-refractivity contribution < 1.29 is 0 Å². The number of nitrogens with zero attached hydrogens (tertiary/aromatic N) is 1. The fraction of sp³-hybridized carbons (Fsp3) is 0.571. The molecule has 0 aliphatic heterocycles. The quantitative estimate of drug-likeness (QED) is 0.778. The van der Waals surface area contributed by atoms with E-state index in [9.17, 15) is 0 Å². The molecule has 0 atom stereocenters. The fourth-order valence-corrected chi connectivity index (χ4v) is 2.14. The summed E-state index contributed by atoms with van der Waals surface area (Å²) in [5.74, 6) is 0. The molecular weight excluding hydrogens is 276 g/mol. The van der Waals surface area contributed by atoms with E-state index in [4.69, 9.17) is 0 Å². The normalized spacial score (nSPS) is 11.1. The molecule has 0 aromatic heterocycles. The lowest BCUT2D eigenvalue weighted by Crippen LogP contribution is -2.29. The molecule has 0 saturated carbocycles. The van der Waals surface area contributed by atoms with Crippen LogP contribution in [0.2, 0.25) is 0 Å². The lowest BCUT2D eigenvalue weighted by Gasteiger charge is -2.18. The van der Waals surface area contributed by atoms with Crippen LogP contribution in [0.25, 0.3) is 0 Å². The summed E-state index contributed by atoms with van der Waals surface area (Å²) in [6.45, 7) is 8.59. The predicted octanol–water partition coefficient (Wildman–Crippen LogP) is 3.19. The third-order valence-corrected chi connectivity index (χ3v) is 3.51. The minimum atomic E-state index is 0.996. The van der Waals surface area contributed by atoms with Crippen LogP contribution in [0.3, 0.4) is 0 Å². The number of halogens is 1. The maximum Gasteiger partial charge on any atom is 0.0242 e. The molecule has 0 bridgehead atoms. The van der Waals surface area contributed by atoms with E-state index >= 15 is 0 Å². The SMILES string of the molecule is CCCNCCN(C)Cc1cc(C)ccc1Br. The molecule has 0 aliphatic carbocycles. The summed E-state index contributed by atoms with van der Waals surface area (Å²) >= 11 is 3.61. The Morgan fingerprint density at radius 3 is 2.76 bits per heavy atom. The van der Waals surface area contributed by atoms with Crippen LogP contribution in [0.15, 0.2) is 22.7 Å². The molecule has 3 heteroatoms. The summed E-state index contributed by atoms with van der Waals surface area (Å²) in [7, 11) is 2.17. The Morgan fingerprint density at radius 2 is 2.06 bits per heavy atom. The first-order valence-electron chi connectivity index (χ1n) is 6.27. The Hall–Kier alpha value is -0.380. The molecule has 2 nitrogen and oxygen atoms in total. The second-order valence-electron chi connectivity index (χ2n) is 4.58. The van der Waals surface area contributed by atoms with Crippen molar-refractivity contribution in [2.24, 2.45) is 0 Å². The third-order valence-electron chi connectivity index (χ3n) is 2.74. The molecule has 0 unspecified atom stereocenters. The molecule has 0 fully saturated rings. The minimum Gasteiger partial charge on any atom is -0.315 e. The van der Waals surface area contributed by atoms with E-state index in [2.05, 4.69) is 65.2 Å². The molecule has 1 rings (SSSR count). The first-order chi connectivity index (χ1) is 8.13. The lowest BCUT2D eigenvalue weighted by molar-refractivity contribution is 0.324. The van der Waals surface area contributed by atoms with Crippen molar-refractivity contribution in [1.82, 2.24) is 10.2 Å². The van der Waals surface area contributed by atoms with Crippen LogP contribution in [0, 0.1) is 6.92 Å². The molecule has 0 heterocycles. The molecule has 0 amide bonds. The molecule has 0 saturated heterocycles. The largest absolute Gasteiger partial charge is 0.315 e. The average molecular weight is 299 g/mol. The summed E-state index contributed by atoms with van der Waals surface area (Å²) in [5, 5.41) is 3.42. The van der Waals surface area contributed by atoms with E-state index in [1.54, 1.807) is 0 Å². The smallest absolute Gasteiger partial charge is 0.0242 e. The van der Waals surface area contributed by atoms with E-state index in [1.807, 2.05) is 0 Å². The Labute approximate surface area is 114 Å². The van der Waals surface area contributed by atoms with Crippen LogP contribution in [-0.2, 0) is 6.54 Å². The standard InChI is InChI=1S/C14H23BrN2/c1-4-7-16-8-9-17(3)11-13-10-12(2)5-6-14(13)15/h5-6,10,16H,4,7-9,11H2,1-3H3. The highest BCUT2D eigenvalue weighted by Crippen LogP contribution is 2.19. The third kappa shape index (κ3) is 5.66. The number of hydrogen-bond donors (Lipinski definition) is 1. The Kier molecular flexibility index (Phi) is 6.78. The molecule has 1 aromatic carbocycles. The highest BCUT2D eigenvalue weighted by molar-refractivity contribution is 9.10. The molecule has 1 N–H and O–H groups in total. The van der Waals surface area contributed by atoms with E-state index < -0.39 is 0 Å². The van der Waals surface area contributed by atoms with Gasteiger partial charge in [0, 0.05) is 24.1 Å². The number of benzene rings is 1. The van der Waals surface area contributed by atoms with E-state index in [0.29, 0.717) is 0 Å². The topological polar surface area (TPSA) is 15.3 Å². The first kappa shape index (κ1) is 14.7. The van der Waals surface area contributed by atoms with Crippen LogP contribution < -0.4 is 5.32 Å². The molecule has 0 spiro atoms. The van der Waals surface area contributed by atoms with Gasteiger partial charge in [0.15, 0.2) is 0 Å². The maximum atomic E-state index is 3.61. The first-order valence-corrected chi connectivity index (χ1v) is 7.07. The van der Waals surface area contributed by atoms with Gasteiger partial charge in [0.05, 0.1) is 0 Å². The van der Waals surface area contributed by atoms with Crippen molar-refractivity contribution in [3.63, 3.8) is 0 Å². The van der Waals surface area contributed by atoms with E-state index in [0.717, 1.165) is 26.2 Å². The van der Waals surface area contributed by atoms with Gasteiger partial charge in [-0.3, -0.25) is 0 Å². The number of rotatable bonds is 7. The van der Waals surface area contributed by atoms with Crippen molar-refractivity contribution in [2.75, 3.05) is 26.7 Å². The van der Waals surface area contributed by atoms with Gasteiger partial charge in [-0.25, -0.2) is 0 Å². The van der Waals surface area contributed by atoms with E-state index in [-0.39, 0.29) is 0 Å². The summed E-state index contributed by atoms with van der Waals surface area (Å²) in [5.41, 5.74) is 2.68. The predicted molar refractivity (Wildman–Crippen MR) is 78.4 cm³/mol. The van der Waals surface area contributed by atoms with Gasteiger partial charge in [-0.1, -0.05) is 40.5 Å². The summed E-state index contributed by atoms with van der Waals surface area (Å²) < 4.78 is 1.21. The van der Waals surface area contributed by atoms with Crippen LogP contribution in [0.5, 0.6) is 0 Å². The summed E-state index contributed by atoms with van der Waals surface area (Å²) in [4.78, 5) is 2.35. The summed E-state index contributed by atoms with van der Waals surface area (Å²) in [6.07, 6.45) is 1.20. The van der Waals surface area contributed by atoms with Gasteiger partial charge in [-0.05, 0) is 38.6 Å². The Balaban J connectivity index is 2.39. The zero-order valence-corrected chi connectivity index (χ0v) is 12.7. The minimum absolute atomic E-state index is 0.996. The lowest BCUT2D eigenvalue weighted by atomic mass is 10.1. The van der Waals surface area contributed by atoms with Gasteiger partial charge in [0.2, 0.25) is 0 Å². The fourth-order valence-electron chi connectivity index (χ4n) is 1.77. The molecule has 0 aliphatic rings. The van der Waals surface area contributed by atoms with Gasteiger partial charge in [-0.15, -0.1) is 0 Å². The van der Waals surface area contributed by atoms with Crippen molar-refractivity contribution in [3.8, 4) is 0 Å². The van der Waals surface area contributed by atoms with Crippen molar-refractivity contribution in [1.29, 1.82) is 0 Å². The zero-order valence-electron chi connectivity index (χ0n) is 11.1. The van der Waals surface area contributed by atoms with Gasteiger partial charge in [0.25, 0.3) is 0 Å². The van der Waals surface area contributed by atoms with Crippen LogP contribution >= 0.6 is 15.9 Å². The van der Waals surface area contributed by atoms with Crippen molar-refractivity contribution >= 4 is 15.9 Å². The van der Waals surface area contributed by atoms with Crippen molar-refractivity contribution in [2.45, 2.75) is 26.8 Å². The van der Waals surface area contributed by atoms with Crippen molar-refractivity contribution in [3.05, 3.63) is 33.8 Å². The molecular formula is C14H23BrN2. The molecule has 1 aromatic rings. The van der Waals surface area contributed by atoms with Gasteiger partial charge >= 0.3 is 0 Å². The van der Waals surface area contributed by atoms with Crippen LogP contribution in [-0.4, -0.2) is 31.6 Å². The van der Waals surface area contributed by atoms with Crippen LogP contribution in [0.4, 0.5) is 0 Å². The highest BCUT2D eigenvalue weighted by atomic mass is 79.9. The van der Waals surface area contributed by atoms with Gasteiger partial charge in [-0.2, -0.15) is 0 Å². The van der Waals surface area contributed by atoms with Gasteiger partial charge in [0.1, 0.15) is 0 Å². The second-order valence-corrected chi connectivity index (χ2v) is 5.44. The second kappa shape index (κ2) is 7.85. The number of hydrogen-bond acceptors (Lipinski definition) is 2. The van der Waals surface area contributed by atoms with Gasteiger partial charge < -0.3 is 10.2 Å². The number of likely N-dealkylation sites (N-methyl/N-ethyl adjacent to an activating group) is 1.